The van der Waals surface area contributed by atoms with Crippen molar-refractivity contribution in [3.05, 3.63) is 47.1 Å². The predicted molar refractivity (Wildman–Crippen MR) is 92.2 cm³/mol. The maximum atomic E-state index is 12.7. The molecule has 2 amide bonds. The topological polar surface area (TPSA) is 71.5 Å². The van der Waals surface area contributed by atoms with Crippen molar-refractivity contribution in [2.24, 2.45) is 0 Å². The number of carbonyl (C=O) groups excluding carboxylic acids is 2. The molecule has 1 aliphatic rings. The van der Waals surface area contributed by atoms with Crippen LogP contribution < -0.4 is 5.32 Å². The van der Waals surface area contributed by atoms with Gasteiger partial charge >= 0.3 is 12.0 Å². The molecule has 7 heteroatoms. The predicted octanol–water partition coefficient (Wildman–Crippen LogP) is 3.69. The van der Waals surface area contributed by atoms with E-state index in [1.54, 1.807) is 30.8 Å². The van der Waals surface area contributed by atoms with E-state index >= 15 is 0 Å². The van der Waals surface area contributed by atoms with Crippen molar-refractivity contribution >= 4 is 28.3 Å². The zero-order chi connectivity index (χ0) is 16.9. The highest BCUT2D eigenvalue weighted by molar-refractivity contribution is 7.14. The average Bonchev–Trinajstić information content (AvgIpc) is 3.25. The van der Waals surface area contributed by atoms with Gasteiger partial charge in [-0.1, -0.05) is 0 Å². The summed E-state index contributed by atoms with van der Waals surface area (Å²) >= 11 is 1.32. The quantitative estimate of drug-likeness (QED) is 0.858. The van der Waals surface area contributed by atoms with Crippen LogP contribution in [-0.2, 0) is 4.74 Å². The lowest BCUT2D eigenvalue weighted by molar-refractivity contribution is 0.0528. The number of ether oxygens (including phenoxy) is 1. The number of carbonyl (C=O) groups is 2. The molecule has 2 aromatic rings. The van der Waals surface area contributed by atoms with Crippen LogP contribution in [0.3, 0.4) is 0 Å². The highest BCUT2D eigenvalue weighted by Crippen LogP contribution is 2.33. The Hall–Kier alpha value is -2.41. The summed E-state index contributed by atoms with van der Waals surface area (Å²) < 4.78 is 5.02. The molecule has 1 atom stereocenters. The van der Waals surface area contributed by atoms with Crippen LogP contribution in [0.1, 0.15) is 41.7 Å². The van der Waals surface area contributed by atoms with Crippen LogP contribution in [0.2, 0.25) is 0 Å². The molecule has 2 aromatic heterocycles. The molecule has 1 aliphatic heterocycles. The number of urea groups is 1. The number of anilines is 1. The van der Waals surface area contributed by atoms with E-state index in [4.69, 9.17) is 4.74 Å². The number of nitrogens with zero attached hydrogens (tertiary/aromatic N) is 2. The molecule has 3 heterocycles. The van der Waals surface area contributed by atoms with E-state index in [1.165, 1.54) is 11.3 Å². The molecule has 0 saturated carbocycles. The van der Waals surface area contributed by atoms with E-state index in [2.05, 4.69) is 10.3 Å². The summed E-state index contributed by atoms with van der Waals surface area (Å²) in [5.74, 6) is -0.416. The summed E-state index contributed by atoms with van der Waals surface area (Å²) in [6.45, 7) is 2.75. The molecule has 0 unspecified atom stereocenters. The largest absolute Gasteiger partial charge is 0.462 e. The number of amides is 2. The molecule has 3 rings (SSSR count). The number of esters is 1. The minimum atomic E-state index is -0.416. The molecular weight excluding hydrogens is 326 g/mol. The van der Waals surface area contributed by atoms with E-state index in [-0.39, 0.29) is 12.1 Å². The van der Waals surface area contributed by atoms with Crippen molar-refractivity contribution in [2.75, 3.05) is 18.5 Å². The number of rotatable bonds is 4. The first-order chi connectivity index (χ1) is 11.7. The summed E-state index contributed by atoms with van der Waals surface area (Å²) in [5.41, 5.74) is 1.48. The molecule has 1 saturated heterocycles. The van der Waals surface area contributed by atoms with Gasteiger partial charge in [-0.25, -0.2) is 9.59 Å². The molecular formula is C17H19N3O3S. The van der Waals surface area contributed by atoms with Gasteiger partial charge in [-0.3, -0.25) is 10.3 Å². The minimum absolute atomic E-state index is 0.0407. The first-order valence-corrected chi connectivity index (χ1v) is 8.81. The van der Waals surface area contributed by atoms with Crippen LogP contribution in [0.5, 0.6) is 0 Å². The van der Waals surface area contributed by atoms with Crippen LogP contribution in [0, 0.1) is 0 Å². The Kier molecular flexibility index (Phi) is 5.10. The summed E-state index contributed by atoms with van der Waals surface area (Å²) in [6.07, 6.45) is 5.35. The van der Waals surface area contributed by atoms with E-state index in [1.807, 2.05) is 17.0 Å². The van der Waals surface area contributed by atoms with Gasteiger partial charge in [0.2, 0.25) is 0 Å². The molecule has 0 aliphatic carbocycles. The van der Waals surface area contributed by atoms with Crippen molar-refractivity contribution in [1.29, 1.82) is 0 Å². The highest BCUT2D eigenvalue weighted by Gasteiger charge is 2.30. The van der Waals surface area contributed by atoms with Crippen molar-refractivity contribution in [3.8, 4) is 0 Å². The fraction of sp³-hybridized carbons (Fsp3) is 0.353. The van der Waals surface area contributed by atoms with Gasteiger partial charge in [0.15, 0.2) is 0 Å². The van der Waals surface area contributed by atoms with Gasteiger partial charge in [-0.2, -0.15) is 0 Å². The van der Waals surface area contributed by atoms with Crippen LogP contribution in [0.15, 0.2) is 36.0 Å². The summed E-state index contributed by atoms with van der Waals surface area (Å²) in [4.78, 5) is 30.4. The zero-order valence-corrected chi connectivity index (χ0v) is 14.2. The Labute approximate surface area is 144 Å². The molecule has 126 valence electrons. The second kappa shape index (κ2) is 7.44. The second-order valence-electron chi connectivity index (χ2n) is 5.45. The molecule has 0 bridgehead atoms. The van der Waals surface area contributed by atoms with Gasteiger partial charge in [0.05, 0.1) is 18.2 Å². The fourth-order valence-electron chi connectivity index (χ4n) is 2.89. The van der Waals surface area contributed by atoms with Crippen LogP contribution in [0.25, 0.3) is 0 Å². The fourth-order valence-corrected chi connectivity index (χ4v) is 3.65. The van der Waals surface area contributed by atoms with Crippen LogP contribution >= 0.6 is 11.3 Å². The van der Waals surface area contributed by atoms with Gasteiger partial charge in [0.1, 0.15) is 5.00 Å². The molecule has 1 N–H and O–H groups in total. The van der Waals surface area contributed by atoms with Gasteiger partial charge < -0.3 is 9.64 Å². The van der Waals surface area contributed by atoms with Crippen LogP contribution in [0.4, 0.5) is 9.80 Å². The third-order valence-electron chi connectivity index (χ3n) is 3.99. The number of hydrogen-bond donors (Lipinski definition) is 1. The third-order valence-corrected chi connectivity index (χ3v) is 4.82. The van der Waals surface area contributed by atoms with E-state index < -0.39 is 5.97 Å². The van der Waals surface area contributed by atoms with Gasteiger partial charge in [-0.05, 0) is 48.9 Å². The number of nitrogens with one attached hydrogen (secondary N) is 1. The Balaban J connectivity index is 1.73. The van der Waals surface area contributed by atoms with Crippen molar-refractivity contribution in [2.45, 2.75) is 25.8 Å². The lowest BCUT2D eigenvalue weighted by Gasteiger charge is -2.25. The molecule has 0 radical (unpaired) electrons. The maximum absolute atomic E-state index is 12.7. The summed E-state index contributed by atoms with van der Waals surface area (Å²) in [6, 6.07) is 5.39. The SMILES string of the molecule is CCOC(=O)c1ccsc1NC(=O)N1CCC[C@@H]1c1ccncc1. The Morgan fingerprint density at radius 1 is 1.38 bits per heavy atom. The Morgan fingerprint density at radius 3 is 2.92 bits per heavy atom. The summed E-state index contributed by atoms with van der Waals surface area (Å²) in [7, 11) is 0. The molecule has 0 aromatic carbocycles. The lowest BCUT2D eigenvalue weighted by Crippen LogP contribution is -2.34. The second-order valence-corrected chi connectivity index (χ2v) is 6.36. The van der Waals surface area contributed by atoms with Gasteiger partial charge in [-0.15, -0.1) is 11.3 Å². The normalized spacial score (nSPS) is 16.9. The Morgan fingerprint density at radius 2 is 2.17 bits per heavy atom. The molecule has 1 fully saturated rings. The van der Waals surface area contributed by atoms with Crippen molar-refractivity contribution in [1.82, 2.24) is 9.88 Å². The zero-order valence-electron chi connectivity index (χ0n) is 13.4. The standard InChI is InChI=1S/C17H19N3O3S/c1-2-23-16(21)13-7-11-24-15(13)19-17(22)20-10-3-4-14(20)12-5-8-18-9-6-12/h5-9,11,14H,2-4,10H2,1H3,(H,19,22)/t14-/m1/s1. The van der Waals surface area contributed by atoms with Gasteiger partial charge in [0.25, 0.3) is 0 Å². The Bertz CT molecular complexity index is 717. The van der Waals surface area contributed by atoms with E-state index in [0.717, 1.165) is 18.4 Å². The van der Waals surface area contributed by atoms with Crippen molar-refractivity contribution < 1.29 is 14.3 Å². The number of hydrogen-bond acceptors (Lipinski definition) is 5. The van der Waals surface area contributed by atoms with E-state index in [9.17, 15) is 9.59 Å². The van der Waals surface area contributed by atoms with Crippen molar-refractivity contribution in [3.63, 3.8) is 0 Å². The number of pyridine rings is 1. The smallest absolute Gasteiger partial charge is 0.341 e. The molecule has 6 nitrogen and oxygen atoms in total. The minimum Gasteiger partial charge on any atom is -0.462 e. The lowest BCUT2D eigenvalue weighted by atomic mass is 10.1. The highest BCUT2D eigenvalue weighted by atomic mass is 32.1. The van der Waals surface area contributed by atoms with Gasteiger partial charge in [0, 0.05) is 18.9 Å². The molecule has 0 spiro atoms. The first kappa shape index (κ1) is 16.4. The number of aromatic nitrogens is 1. The number of thiophene rings is 1. The van der Waals surface area contributed by atoms with Crippen LogP contribution in [-0.4, -0.2) is 35.0 Å². The van der Waals surface area contributed by atoms with E-state index in [0.29, 0.717) is 23.7 Å². The monoisotopic (exact) mass is 345 g/mol. The average molecular weight is 345 g/mol. The summed E-state index contributed by atoms with van der Waals surface area (Å²) in [5, 5.41) is 5.16. The maximum Gasteiger partial charge on any atom is 0.341 e. The molecule has 24 heavy (non-hydrogen) atoms. The third kappa shape index (κ3) is 3.41. The first-order valence-electron chi connectivity index (χ1n) is 7.93. The number of likely N-dealkylation sites (tertiary alicyclic amines) is 1.